The van der Waals surface area contributed by atoms with Crippen LogP contribution < -0.4 is 11.1 Å². The second-order valence-electron chi connectivity index (χ2n) is 4.37. The van der Waals surface area contributed by atoms with Crippen LogP contribution in [0.1, 0.15) is 18.5 Å². The van der Waals surface area contributed by atoms with Gasteiger partial charge in [0.15, 0.2) is 0 Å². The molecule has 0 aliphatic carbocycles. The molecule has 0 amide bonds. The summed E-state index contributed by atoms with van der Waals surface area (Å²) in [5.74, 6) is 1.07. The summed E-state index contributed by atoms with van der Waals surface area (Å²) < 4.78 is 0. The van der Waals surface area contributed by atoms with Gasteiger partial charge in [-0.1, -0.05) is 12.1 Å². The molecular formula is C14H14N4S. The standard InChI is InChI=1S/C14H14N4S/c1-9(10-6-7-19-8-10)16-13-11-4-2-3-5-12(11)17-14(15)18-13/h2-9H,1H3,(H3,15,16,17,18). The van der Waals surface area contributed by atoms with Gasteiger partial charge in [0.2, 0.25) is 5.95 Å². The Morgan fingerprint density at radius 2 is 2.05 bits per heavy atom. The van der Waals surface area contributed by atoms with Gasteiger partial charge < -0.3 is 11.1 Å². The minimum absolute atomic E-state index is 0.184. The maximum atomic E-state index is 5.76. The molecule has 3 aromatic rings. The van der Waals surface area contributed by atoms with E-state index in [0.717, 1.165) is 16.7 Å². The lowest BCUT2D eigenvalue weighted by molar-refractivity contribution is 0.882. The molecule has 0 radical (unpaired) electrons. The molecule has 2 aromatic heterocycles. The number of aromatic nitrogens is 2. The van der Waals surface area contributed by atoms with Gasteiger partial charge in [-0.2, -0.15) is 16.3 Å². The number of hydrogen-bond donors (Lipinski definition) is 2. The van der Waals surface area contributed by atoms with Crippen molar-refractivity contribution in [2.24, 2.45) is 0 Å². The quantitative estimate of drug-likeness (QED) is 0.765. The number of hydrogen-bond acceptors (Lipinski definition) is 5. The number of fused-ring (bicyclic) bond motifs is 1. The first-order valence-electron chi connectivity index (χ1n) is 6.05. The first-order valence-corrected chi connectivity index (χ1v) is 6.99. The van der Waals surface area contributed by atoms with E-state index in [9.17, 15) is 0 Å². The van der Waals surface area contributed by atoms with Crippen LogP contribution in [0.5, 0.6) is 0 Å². The Balaban J connectivity index is 2.00. The van der Waals surface area contributed by atoms with Crippen LogP contribution >= 0.6 is 11.3 Å². The molecule has 5 heteroatoms. The fourth-order valence-electron chi connectivity index (χ4n) is 2.01. The third-order valence-corrected chi connectivity index (χ3v) is 3.72. The summed E-state index contributed by atoms with van der Waals surface area (Å²) in [4.78, 5) is 8.55. The highest BCUT2D eigenvalue weighted by atomic mass is 32.1. The van der Waals surface area contributed by atoms with E-state index in [1.807, 2.05) is 24.3 Å². The van der Waals surface area contributed by atoms with Gasteiger partial charge in [0.05, 0.1) is 11.6 Å². The molecule has 0 fully saturated rings. The molecule has 1 aromatic carbocycles. The number of rotatable bonds is 3. The zero-order valence-electron chi connectivity index (χ0n) is 10.5. The molecule has 3 rings (SSSR count). The van der Waals surface area contributed by atoms with Crippen molar-refractivity contribution in [1.82, 2.24) is 9.97 Å². The lowest BCUT2D eigenvalue weighted by Crippen LogP contribution is -2.09. The number of nitrogens with one attached hydrogen (secondary N) is 1. The van der Waals surface area contributed by atoms with E-state index in [4.69, 9.17) is 5.73 Å². The molecule has 4 nitrogen and oxygen atoms in total. The number of nitrogens with zero attached hydrogens (tertiary/aromatic N) is 2. The molecule has 96 valence electrons. The van der Waals surface area contributed by atoms with Gasteiger partial charge in [-0.25, -0.2) is 4.98 Å². The third kappa shape index (κ3) is 2.37. The summed E-state index contributed by atoms with van der Waals surface area (Å²) >= 11 is 1.69. The molecular weight excluding hydrogens is 256 g/mol. The van der Waals surface area contributed by atoms with E-state index in [1.165, 1.54) is 5.56 Å². The number of para-hydroxylation sites is 1. The fraction of sp³-hybridized carbons (Fsp3) is 0.143. The van der Waals surface area contributed by atoms with Crippen molar-refractivity contribution in [2.75, 3.05) is 11.1 Å². The predicted molar refractivity (Wildman–Crippen MR) is 80.3 cm³/mol. The molecule has 0 spiro atoms. The van der Waals surface area contributed by atoms with Crippen LogP contribution in [0.2, 0.25) is 0 Å². The third-order valence-electron chi connectivity index (χ3n) is 3.02. The number of thiophene rings is 1. The average Bonchev–Trinajstić information content (AvgIpc) is 2.92. The van der Waals surface area contributed by atoms with Crippen molar-refractivity contribution in [2.45, 2.75) is 13.0 Å². The van der Waals surface area contributed by atoms with Crippen molar-refractivity contribution < 1.29 is 0 Å². The molecule has 1 unspecified atom stereocenters. The van der Waals surface area contributed by atoms with E-state index in [1.54, 1.807) is 11.3 Å². The molecule has 19 heavy (non-hydrogen) atoms. The minimum atomic E-state index is 0.184. The van der Waals surface area contributed by atoms with Gasteiger partial charge in [-0.15, -0.1) is 0 Å². The van der Waals surface area contributed by atoms with Crippen LogP contribution in [0.3, 0.4) is 0 Å². The van der Waals surface area contributed by atoms with Crippen LogP contribution in [0.25, 0.3) is 10.9 Å². The van der Waals surface area contributed by atoms with Crippen LogP contribution in [-0.2, 0) is 0 Å². The molecule has 0 aliphatic heterocycles. The number of anilines is 2. The molecule has 1 atom stereocenters. The number of nitrogen functional groups attached to an aromatic ring is 1. The second-order valence-corrected chi connectivity index (χ2v) is 5.15. The van der Waals surface area contributed by atoms with E-state index in [-0.39, 0.29) is 6.04 Å². The first kappa shape index (κ1) is 11.9. The van der Waals surface area contributed by atoms with Gasteiger partial charge in [0, 0.05) is 5.39 Å². The van der Waals surface area contributed by atoms with Crippen molar-refractivity contribution in [1.29, 1.82) is 0 Å². The summed E-state index contributed by atoms with van der Waals surface area (Å²) in [6.45, 7) is 2.11. The Labute approximate surface area is 115 Å². The minimum Gasteiger partial charge on any atom is -0.368 e. The molecule has 3 N–H and O–H groups in total. The zero-order chi connectivity index (χ0) is 13.2. The van der Waals surface area contributed by atoms with Crippen LogP contribution in [0.4, 0.5) is 11.8 Å². The Kier molecular flexibility index (Phi) is 3.05. The highest BCUT2D eigenvalue weighted by molar-refractivity contribution is 7.08. The summed E-state index contributed by atoms with van der Waals surface area (Å²) in [7, 11) is 0. The smallest absolute Gasteiger partial charge is 0.222 e. The first-order chi connectivity index (χ1) is 9.24. The highest BCUT2D eigenvalue weighted by Crippen LogP contribution is 2.25. The SMILES string of the molecule is CC(Nc1nc(N)nc2ccccc12)c1ccsc1. The summed E-state index contributed by atoms with van der Waals surface area (Å²) in [6, 6.07) is 10.1. The van der Waals surface area contributed by atoms with Gasteiger partial charge in [0.1, 0.15) is 5.82 Å². The van der Waals surface area contributed by atoms with Crippen LogP contribution in [0.15, 0.2) is 41.1 Å². The van der Waals surface area contributed by atoms with Crippen molar-refractivity contribution >= 4 is 34.0 Å². The van der Waals surface area contributed by atoms with Crippen LogP contribution in [0, 0.1) is 0 Å². The number of nitrogens with two attached hydrogens (primary N) is 1. The molecule has 0 saturated carbocycles. The molecule has 0 saturated heterocycles. The van der Waals surface area contributed by atoms with Crippen molar-refractivity contribution in [3.8, 4) is 0 Å². The van der Waals surface area contributed by atoms with Crippen molar-refractivity contribution in [3.63, 3.8) is 0 Å². The topological polar surface area (TPSA) is 63.8 Å². The Morgan fingerprint density at radius 3 is 2.84 bits per heavy atom. The molecule has 0 aliphatic rings. The summed E-state index contributed by atoms with van der Waals surface area (Å²) in [5.41, 5.74) is 7.86. The monoisotopic (exact) mass is 270 g/mol. The van der Waals surface area contributed by atoms with Gasteiger partial charge in [0.25, 0.3) is 0 Å². The van der Waals surface area contributed by atoms with Gasteiger partial charge in [-0.3, -0.25) is 0 Å². The maximum Gasteiger partial charge on any atom is 0.222 e. The molecule has 2 heterocycles. The lowest BCUT2D eigenvalue weighted by Gasteiger charge is -2.15. The Bertz CT molecular complexity index is 694. The second kappa shape index (κ2) is 4.85. The van der Waals surface area contributed by atoms with Gasteiger partial charge >= 0.3 is 0 Å². The van der Waals surface area contributed by atoms with E-state index in [2.05, 4.69) is 39.0 Å². The van der Waals surface area contributed by atoms with Crippen molar-refractivity contribution in [3.05, 3.63) is 46.7 Å². The Hall–Kier alpha value is -2.14. The largest absolute Gasteiger partial charge is 0.368 e. The van der Waals surface area contributed by atoms with E-state index < -0.39 is 0 Å². The van der Waals surface area contributed by atoms with Crippen LogP contribution in [-0.4, -0.2) is 9.97 Å². The molecule has 0 bridgehead atoms. The van der Waals surface area contributed by atoms with Gasteiger partial charge in [-0.05, 0) is 41.4 Å². The number of benzene rings is 1. The lowest BCUT2D eigenvalue weighted by atomic mass is 10.1. The summed E-state index contributed by atoms with van der Waals surface area (Å²) in [5, 5.41) is 8.59. The van der Waals surface area contributed by atoms with E-state index in [0.29, 0.717) is 5.95 Å². The average molecular weight is 270 g/mol. The maximum absolute atomic E-state index is 5.76. The Morgan fingerprint density at radius 1 is 1.21 bits per heavy atom. The zero-order valence-corrected chi connectivity index (χ0v) is 11.3. The predicted octanol–water partition coefficient (Wildman–Crippen LogP) is 3.45. The fourth-order valence-corrected chi connectivity index (χ4v) is 2.77. The highest BCUT2D eigenvalue weighted by Gasteiger charge is 2.10. The van der Waals surface area contributed by atoms with E-state index >= 15 is 0 Å². The normalized spacial score (nSPS) is 12.5. The summed E-state index contributed by atoms with van der Waals surface area (Å²) in [6.07, 6.45) is 0.